The van der Waals surface area contributed by atoms with Crippen molar-refractivity contribution in [3.63, 3.8) is 0 Å². The molecule has 0 aliphatic rings. The van der Waals surface area contributed by atoms with Gasteiger partial charge in [-0.2, -0.15) is 0 Å². The minimum Gasteiger partial charge on any atom is -0.461 e. The average molecular weight is 263 g/mol. The molecule has 0 unspecified atom stereocenters. The molecule has 0 saturated heterocycles. The van der Waals surface area contributed by atoms with Gasteiger partial charge in [-0.05, 0) is 31.5 Å². The van der Waals surface area contributed by atoms with Crippen LogP contribution in [0.1, 0.15) is 23.0 Å². The van der Waals surface area contributed by atoms with Crippen molar-refractivity contribution in [1.82, 2.24) is 14.5 Å². The monoisotopic (exact) mass is 263 g/mol. The first-order valence-corrected chi connectivity index (χ1v) is 5.94. The van der Waals surface area contributed by atoms with Crippen LogP contribution < -0.4 is 0 Å². The topological polar surface area (TPSA) is 57.0 Å². The average Bonchev–Trinajstić information content (AvgIpc) is 2.71. The summed E-state index contributed by atoms with van der Waals surface area (Å²) in [6.07, 6.45) is 3.21. The highest BCUT2D eigenvalue weighted by molar-refractivity contribution is 7.80. The zero-order chi connectivity index (χ0) is 13.1. The van der Waals surface area contributed by atoms with Crippen molar-refractivity contribution in [1.29, 1.82) is 0 Å². The SMILES string of the molecule is CCOC(=O)c1ncn(-c2cc(C)ccn2)c1S. The lowest BCUT2D eigenvalue weighted by Gasteiger charge is -2.04. The number of hydrogen-bond donors (Lipinski definition) is 1. The van der Waals surface area contributed by atoms with E-state index in [1.807, 2.05) is 19.1 Å². The molecule has 0 spiro atoms. The Balaban J connectivity index is 2.39. The van der Waals surface area contributed by atoms with Gasteiger partial charge in [0, 0.05) is 6.20 Å². The first-order chi connectivity index (χ1) is 8.63. The van der Waals surface area contributed by atoms with Crippen LogP contribution >= 0.6 is 12.6 Å². The summed E-state index contributed by atoms with van der Waals surface area (Å²) in [6, 6.07) is 3.78. The molecule has 94 valence electrons. The summed E-state index contributed by atoms with van der Waals surface area (Å²) < 4.78 is 6.54. The van der Waals surface area contributed by atoms with Crippen molar-refractivity contribution in [3.8, 4) is 5.82 Å². The van der Waals surface area contributed by atoms with Gasteiger partial charge < -0.3 is 4.74 Å². The molecule has 6 heteroatoms. The molecule has 0 atom stereocenters. The normalized spacial score (nSPS) is 10.4. The standard InChI is InChI=1S/C12H13N3O2S/c1-3-17-12(16)10-11(18)15(7-14-10)9-6-8(2)4-5-13-9/h4-7,18H,3H2,1-2H3. The Labute approximate surface area is 110 Å². The van der Waals surface area contributed by atoms with Crippen molar-refractivity contribution < 1.29 is 9.53 Å². The van der Waals surface area contributed by atoms with E-state index >= 15 is 0 Å². The second kappa shape index (κ2) is 5.22. The van der Waals surface area contributed by atoms with Crippen LogP contribution in [0.2, 0.25) is 0 Å². The summed E-state index contributed by atoms with van der Waals surface area (Å²) in [5.41, 5.74) is 1.27. The summed E-state index contributed by atoms with van der Waals surface area (Å²) in [5.74, 6) is 0.192. The quantitative estimate of drug-likeness (QED) is 0.680. The number of aryl methyl sites for hydroxylation is 1. The molecule has 0 bridgehead atoms. The third-order valence-corrected chi connectivity index (χ3v) is 2.79. The molecule has 0 aliphatic carbocycles. The fraction of sp³-hybridized carbons (Fsp3) is 0.250. The minimum atomic E-state index is -0.478. The molecule has 0 saturated carbocycles. The molecular formula is C12H13N3O2S. The number of carbonyl (C=O) groups excluding carboxylic acids is 1. The number of aromatic nitrogens is 3. The zero-order valence-electron chi connectivity index (χ0n) is 10.1. The van der Waals surface area contributed by atoms with E-state index in [2.05, 4.69) is 22.6 Å². The molecule has 2 rings (SSSR count). The van der Waals surface area contributed by atoms with Crippen molar-refractivity contribution in [3.05, 3.63) is 35.9 Å². The number of rotatable bonds is 3. The highest BCUT2D eigenvalue weighted by Crippen LogP contribution is 2.18. The summed E-state index contributed by atoms with van der Waals surface area (Å²) in [7, 11) is 0. The number of nitrogens with zero attached hydrogens (tertiary/aromatic N) is 3. The zero-order valence-corrected chi connectivity index (χ0v) is 11.0. The van der Waals surface area contributed by atoms with E-state index in [0.717, 1.165) is 5.56 Å². The molecule has 0 fully saturated rings. The van der Waals surface area contributed by atoms with Gasteiger partial charge in [-0.15, -0.1) is 12.6 Å². The largest absolute Gasteiger partial charge is 0.461 e. The van der Waals surface area contributed by atoms with E-state index in [4.69, 9.17) is 4.74 Å². The van der Waals surface area contributed by atoms with Crippen LogP contribution in [0.5, 0.6) is 0 Å². The van der Waals surface area contributed by atoms with E-state index in [1.54, 1.807) is 17.7 Å². The lowest BCUT2D eigenvalue weighted by molar-refractivity contribution is 0.0515. The molecule has 2 aromatic heterocycles. The van der Waals surface area contributed by atoms with Crippen molar-refractivity contribution in [2.24, 2.45) is 0 Å². The molecule has 0 radical (unpaired) electrons. The first-order valence-electron chi connectivity index (χ1n) is 5.50. The number of thiol groups is 1. The number of imidazole rings is 1. The Kier molecular flexibility index (Phi) is 3.66. The number of carbonyl (C=O) groups is 1. The van der Waals surface area contributed by atoms with Crippen LogP contribution in [0, 0.1) is 6.92 Å². The van der Waals surface area contributed by atoms with E-state index in [9.17, 15) is 4.79 Å². The molecular weight excluding hydrogens is 250 g/mol. The van der Waals surface area contributed by atoms with Crippen molar-refractivity contribution in [2.45, 2.75) is 18.9 Å². The van der Waals surface area contributed by atoms with E-state index < -0.39 is 5.97 Å². The van der Waals surface area contributed by atoms with E-state index in [0.29, 0.717) is 17.5 Å². The van der Waals surface area contributed by atoms with Gasteiger partial charge >= 0.3 is 5.97 Å². The van der Waals surface area contributed by atoms with Crippen LogP contribution in [-0.4, -0.2) is 27.1 Å². The van der Waals surface area contributed by atoms with Gasteiger partial charge in [0.05, 0.1) is 6.61 Å². The third kappa shape index (κ3) is 2.38. The maximum Gasteiger partial charge on any atom is 0.359 e. The Morgan fingerprint density at radius 3 is 2.94 bits per heavy atom. The van der Waals surface area contributed by atoms with Gasteiger partial charge in [0.1, 0.15) is 17.2 Å². The van der Waals surface area contributed by atoms with Crippen LogP contribution in [-0.2, 0) is 4.74 Å². The molecule has 0 aromatic carbocycles. The maximum atomic E-state index is 11.6. The number of pyridine rings is 1. The van der Waals surface area contributed by atoms with Crippen LogP contribution in [0.15, 0.2) is 29.7 Å². The van der Waals surface area contributed by atoms with E-state index in [1.165, 1.54) is 6.33 Å². The lowest BCUT2D eigenvalue weighted by Crippen LogP contribution is -2.06. The molecule has 2 aromatic rings. The maximum absolute atomic E-state index is 11.6. The van der Waals surface area contributed by atoms with Gasteiger partial charge in [-0.25, -0.2) is 14.8 Å². The number of esters is 1. The Morgan fingerprint density at radius 1 is 1.50 bits per heavy atom. The van der Waals surface area contributed by atoms with E-state index in [-0.39, 0.29) is 5.69 Å². The molecule has 0 N–H and O–H groups in total. The highest BCUT2D eigenvalue weighted by atomic mass is 32.1. The third-order valence-electron chi connectivity index (χ3n) is 2.36. The van der Waals surface area contributed by atoms with Gasteiger partial charge in [0.25, 0.3) is 0 Å². The van der Waals surface area contributed by atoms with Crippen LogP contribution in [0.25, 0.3) is 5.82 Å². The van der Waals surface area contributed by atoms with Gasteiger partial charge in [0.15, 0.2) is 5.69 Å². The second-order valence-corrected chi connectivity index (χ2v) is 4.12. The highest BCUT2D eigenvalue weighted by Gasteiger charge is 2.17. The summed E-state index contributed by atoms with van der Waals surface area (Å²) in [5, 5.41) is 0.423. The predicted octanol–water partition coefficient (Wildman–Crippen LogP) is 2.04. The van der Waals surface area contributed by atoms with Gasteiger partial charge in [-0.3, -0.25) is 4.57 Å². The Hall–Kier alpha value is -1.82. The Bertz CT molecular complexity index is 580. The summed E-state index contributed by atoms with van der Waals surface area (Å²) >= 11 is 4.30. The number of hydrogen-bond acceptors (Lipinski definition) is 5. The van der Waals surface area contributed by atoms with Gasteiger partial charge in [-0.1, -0.05) is 0 Å². The second-order valence-electron chi connectivity index (χ2n) is 3.70. The van der Waals surface area contributed by atoms with Gasteiger partial charge in [0.2, 0.25) is 0 Å². The first kappa shape index (κ1) is 12.6. The number of ether oxygens (including phenoxy) is 1. The van der Waals surface area contributed by atoms with Crippen molar-refractivity contribution >= 4 is 18.6 Å². The fourth-order valence-electron chi connectivity index (χ4n) is 1.51. The summed E-state index contributed by atoms with van der Waals surface area (Å²) in [4.78, 5) is 19.8. The molecule has 2 heterocycles. The minimum absolute atomic E-state index is 0.198. The molecule has 5 nitrogen and oxygen atoms in total. The predicted molar refractivity (Wildman–Crippen MR) is 69.3 cm³/mol. The van der Waals surface area contributed by atoms with Crippen LogP contribution in [0.3, 0.4) is 0 Å². The molecule has 0 amide bonds. The molecule has 18 heavy (non-hydrogen) atoms. The van der Waals surface area contributed by atoms with Crippen molar-refractivity contribution in [2.75, 3.05) is 6.61 Å². The molecule has 0 aliphatic heterocycles. The lowest BCUT2D eigenvalue weighted by atomic mass is 10.3. The van der Waals surface area contributed by atoms with Crippen LogP contribution in [0.4, 0.5) is 0 Å². The smallest absolute Gasteiger partial charge is 0.359 e. The fourth-order valence-corrected chi connectivity index (χ4v) is 1.81. The Morgan fingerprint density at radius 2 is 2.28 bits per heavy atom. The summed E-state index contributed by atoms with van der Waals surface area (Å²) in [6.45, 7) is 4.02.